The number of hydrogen-bond donors (Lipinski definition) is 1. The molecular formula is C18H18N2O5S. The molecule has 0 bridgehead atoms. The standard InChI is InChI=1S/C18H18N2O5S/c1-26-11-10-16(18(22)25-15-8-3-2-4-9-15)19-17(21)13-6-5-7-14(12-13)20(23)24/h2-9,12,16H,10-11H2,1H3,(H,19,21)/t16-/m1/s1. The second-order valence-electron chi connectivity index (χ2n) is 5.35. The first-order valence-corrected chi connectivity index (χ1v) is 9.21. The molecule has 0 unspecified atom stereocenters. The van der Waals surface area contributed by atoms with Crippen molar-refractivity contribution in [2.24, 2.45) is 0 Å². The van der Waals surface area contributed by atoms with Crippen LogP contribution >= 0.6 is 11.8 Å². The van der Waals surface area contributed by atoms with Gasteiger partial charge in [-0.1, -0.05) is 24.3 Å². The summed E-state index contributed by atoms with van der Waals surface area (Å²) in [6.07, 6.45) is 2.27. The highest BCUT2D eigenvalue weighted by Gasteiger charge is 2.24. The smallest absolute Gasteiger partial charge is 0.334 e. The van der Waals surface area contributed by atoms with Crippen molar-refractivity contribution in [2.75, 3.05) is 12.0 Å². The molecule has 0 aromatic heterocycles. The first-order chi connectivity index (χ1) is 12.5. The van der Waals surface area contributed by atoms with E-state index in [-0.39, 0.29) is 11.3 Å². The Hall–Kier alpha value is -2.87. The van der Waals surface area contributed by atoms with Gasteiger partial charge in [0.2, 0.25) is 0 Å². The molecule has 0 fully saturated rings. The summed E-state index contributed by atoms with van der Waals surface area (Å²) in [5, 5.41) is 13.5. The van der Waals surface area contributed by atoms with E-state index in [4.69, 9.17) is 4.74 Å². The highest BCUT2D eigenvalue weighted by Crippen LogP contribution is 2.15. The Kier molecular flexibility index (Phi) is 7.16. The molecule has 26 heavy (non-hydrogen) atoms. The molecule has 0 aliphatic heterocycles. The van der Waals surface area contributed by atoms with Crippen molar-refractivity contribution < 1.29 is 19.2 Å². The number of nitro benzene ring substituents is 1. The maximum Gasteiger partial charge on any atom is 0.334 e. The summed E-state index contributed by atoms with van der Waals surface area (Å²) in [6.45, 7) is 0. The van der Waals surface area contributed by atoms with E-state index in [0.29, 0.717) is 17.9 Å². The molecule has 2 aromatic rings. The lowest BCUT2D eigenvalue weighted by molar-refractivity contribution is -0.384. The molecule has 0 aliphatic rings. The predicted octanol–water partition coefficient (Wildman–Crippen LogP) is 3.05. The molecule has 0 aliphatic carbocycles. The largest absolute Gasteiger partial charge is 0.425 e. The summed E-state index contributed by atoms with van der Waals surface area (Å²) in [4.78, 5) is 35.1. The van der Waals surface area contributed by atoms with Crippen molar-refractivity contribution in [1.82, 2.24) is 5.32 Å². The molecule has 2 aromatic carbocycles. The number of thioether (sulfide) groups is 1. The Labute approximate surface area is 154 Å². The molecule has 0 saturated heterocycles. The van der Waals surface area contributed by atoms with Gasteiger partial charge >= 0.3 is 5.97 Å². The molecule has 1 atom stereocenters. The van der Waals surface area contributed by atoms with Gasteiger partial charge in [0.1, 0.15) is 11.8 Å². The van der Waals surface area contributed by atoms with Crippen LogP contribution in [0.2, 0.25) is 0 Å². The van der Waals surface area contributed by atoms with Crippen LogP contribution in [0.3, 0.4) is 0 Å². The van der Waals surface area contributed by atoms with Crippen LogP contribution < -0.4 is 10.1 Å². The average Bonchev–Trinajstić information content (AvgIpc) is 2.65. The first kappa shape index (κ1) is 19.5. The molecule has 8 heteroatoms. The third-order valence-electron chi connectivity index (χ3n) is 3.48. The zero-order valence-corrected chi connectivity index (χ0v) is 14.9. The molecule has 0 heterocycles. The van der Waals surface area contributed by atoms with Gasteiger partial charge in [0.05, 0.1) is 4.92 Å². The molecular weight excluding hydrogens is 356 g/mol. The number of non-ortho nitro benzene ring substituents is 1. The van der Waals surface area contributed by atoms with Crippen LogP contribution in [0.25, 0.3) is 0 Å². The summed E-state index contributed by atoms with van der Waals surface area (Å²) in [7, 11) is 0. The first-order valence-electron chi connectivity index (χ1n) is 7.82. The number of nitrogens with zero attached hydrogens (tertiary/aromatic N) is 1. The zero-order chi connectivity index (χ0) is 18.9. The van der Waals surface area contributed by atoms with E-state index in [9.17, 15) is 19.7 Å². The summed E-state index contributed by atoms with van der Waals surface area (Å²) in [6, 6.07) is 13.1. The maximum absolute atomic E-state index is 12.4. The Morgan fingerprint density at radius 3 is 2.58 bits per heavy atom. The van der Waals surface area contributed by atoms with Crippen LogP contribution in [-0.2, 0) is 4.79 Å². The Morgan fingerprint density at radius 1 is 1.19 bits per heavy atom. The van der Waals surface area contributed by atoms with Gasteiger partial charge in [0.15, 0.2) is 0 Å². The quantitative estimate of drug-likeness (QED) is 0.330. The van der Waals surface area contributed by atoms with E-state index in [1.807, 2.05) is 6.26 Å². The number of nitro groups is 1. The Balaban J connectivity index is 2.11. The van der Waals surface area contributed by atoms with Crippen LogP contribution in [0.1, 0.15) is 16.8 Å². The van der Waals surface area contributed by atoms with E-state index < -0.39 is 22.8 Å². The van der Waals surface area contributed by atoms with Crippen LogP contribution in [0.5, 0.6) is 5.75 Å². The number of nitrogens with one attached hydrogen (secondary N) is 1. The topological polar surface area (TPSA) is 98.5 Å². The minimum Gasteiger partial charge on any atom is -0.425 e. The number of esters is 1. The van der Waals surface area contributed by atoms with E-state index in [0.717, 1.165) is 0 Å². The van der Waals surface area contributed by atoms with Crippen LogP contribution in [0, 0.1) is 10.1 Å². The summed E-state index contributed by atoms with van der Waals surface area (Å²) in [5.41, 5.74) is -0.0777. The maximum atomic E-state index is 12.4. The minimum atomic E-state index is -0.852. The summed E-state index contributed by atoms with van der Waals surface area (Å²) >= 11 is 1.53. The van der Waals surface area contributed by atoms with Gasteiger partial charge in [0, 0.05) is 17.7 Å². The third-order valence-corrected chi connectivity index (χ3v) is 4.13. The van der Waals surface area contributed by atoms with Crippen molar-refractivity contribution in [3.63, 3.8) is 0 Å². The van der Waals surface area contributed by atoms with E-state index in [2.05, 4.69) is 5.32 Å². The number of carbonyl (C=O) groups excluding carboxylic acids is 2. The summed E-state index contributed by atoms with van der Waals surface area (Å²) in [5.74, 6) is -0.117. The molecule has 0 spiro atoms. The van der Waals surface area contributed by atoms with Gasteiger partial charge in [-0.3, -0.25) is 14.9 Å². The van der Waals surface area contributed by atoms with Crippen LogP contribution in [0.15, 0.2) is 54.6 Å². The average molecular weight is 374 g/mol. The SMILES string of the molecule is CSCC[C@@H](NC(=O)c1cccc([N+](=O)[O-])c1)C(=O)Oc1ccccc1. The van der Waals surface area contributed by atoms with Gasteiger partial charge in [-0.2, -0.15) is 11.8 Å². The second-order valence-corrected chi connectivity index (χ2v) is 6.33. The Morgan fingerprint density at radius 2 is 1.92 bits per heavy atom. The number of ether oxygens (including phenoxy) is 1. The molecule has 1 N–H and O–H groups in total. The lowest BCUT2D eigenvalue weighted by Gasteiger charge is -2.17. The monoisotopic (exact) mass is 374 g/mol. The minimum absolute atomic E-state index is 0.112. The van der Waals surface area contributed by atoms with Gasteiger partial charge < -0.3 is 10.1 Å². The van der Waals surface area contributed by atoms with E-state index in [1.165, 1.54) is 36.0 Å². The van der Waals surface area contributed by atoms with Gasteiger partial charge in [-0.15, -0.1) is 0 Å². The molecule has 0 radical (unpaired) electrons. The van der Waals surface area contributed by atoms with Crippen molar-refractivity contribution in [1.29, 1.82) is 0 Å². The van der Waals surface area contributed by atoms with E-state index >= 15 is 0 Å². The predicted molar refractivity (Wildman–Crippen MR) is 99.4 cm³/mol. The number of hydrogen-bond acceptors (Lipinski definition) is 6. The zero-order valence-electron chi connectivity index (χ0n) is 14.1. The van der Waals surface area contributed by atoms with Crippen molar-refractivity contribution in [2.45, 2.75) is 12.5 Å². The number of amides is 1. The summed E-state index contributed by atoms with van der Waals surface area (Å²) < 4.78 is 5.30. The van der Waals surface area contributed by atoms with Crippen molar-refractivity contribution in [3.05, 3.63) is 70.3 Å². The van der Waals surface area contributed by atoms with Crippen LogP contribution in [0.4, 0.5) is 5.69 Å². The number of para-hydroxylation sites is 1. The Bertz CT molecular complexity index is 782. The lowest BCUT2D eigenvalue weighted by atomic mass is 10.1. The molecule has 0 saturated carbocycles. The second kappa shape index (κ2) is 9.57. The fraction of sp³-hybridized carbons (Fsp3) is 0.222. The molecule has 7 nitrogen and oxygen atoms in total. The van der Waals surface area contributed by atoms with Gasteiger partial charge in [-0.05, 0) is 36.6 Å². The van der Waals surface area contributed by atoms with E-state index in [1.54, 1.807) is 30.3 Å². The fourth-order valence-corrected chi connectivity index (χ4v) is 2.63. The number of rotatable bonds is 8. The number of carbonyl (C=O) groups is 2. The highest BCUT2D eigenvalue weighted by molar-refractivity contribution is 7.98. The number of benzene rings is 2. The lowest BCUT2D eigenvalue weighted by Crippen LogP contribution is -2.43. The molecule has 2 rings (SSSR count). The van der Waals surface area contributed by atoms with Crippen molar-refractivity contribution >= 4 is 29.3 Å². The van der Waals surface area contributed by atoms with Gasteiger partial charge in [-0.25, -0.2) is 4.79 Å². The normalized spacial score (nSPS) is 11.4. The fourth-order valence-electron chi connectivity index (χ4n) is 2.16. The van der Waals surface area contributed by atoms with Gasteiger partial charge in [0.25, 0.3) is 11.6 Å². The van der Waals surface area contributed by atoms with Crippen LogP contribution in [-0.4, -0.2) is 34.9 Å². The third kappa shape index (κ3) is 5.59. The molecule has 1 amide bonds. The van der Waals surface area contributed by atoms with Crippen molar-refractivity contribution in [3.8, 4) is 5.75 Å². The molecule has 136 valence electrons. The highest BCUT2D eigenvalue weighted by atomic mass is 32.2.